The second kappa shape index (κ2) is 6.31. The highest BCUT2D eigenvalue weighted by atomic mass is 16.2. The van der Waals surface area contributed by atoms with E-state index in [9.17, 15) is 9.59 Å². The second-order valence-electron chi connectivity index (χ2n) is 6.88. The molecule has 1 saturated carbocycles. The van der Waals surface area contributed by atoms with Crippen molar-refractivity contribution in [2.75, 3.05) is 11.4 Å². The van der Waals surface area contributed by atoms with E-state index in [1.807, 2.05) is 43.3 Å². The average Bonchev–Trinajstić information content (AvgIpc) is 3.37. The van der Waals surface area contributed by atoms with Crippen molar-refractivity contribution in [2.24, 2.45) is 5.92 Å². The van der Waals surface area contributed by atoms with E-state index in [-0.39, 0.29) is 6.04 Å². The minimum Gasteiger partial charge on any atom is -0.339 e. The Balaban J connectivity index is 1.51. The largest absolute Gasteiger partial charge is 0.339 e. The highest BCUT2D eigenvalue weighted by molar-refractivity contribution is 6.40. The lowest BCUT2D eigenvalue weighted by atomic mass is 10.1. The summed E-state index contributed by atoms with van der Waals surface area (Å²) in [5.41, 5.74) is 3.90. The van der Waals surface area contributed by atoms with Gasteiger partial charge in [0.15, 0.2) is 0 Å². The molecule has 2 heterocycles. The van der Waals surface area contributed by atoms with Gasteiger partial charge in [0.1, 0.15) is 0 Å². The zero-order chi connectivity index (χ0) is 17.4. The van der Waals surface area contributed by atoms with Crippen molar-refractivity contribution in [2.45, 2.75) is 32.2 Å². The standard InChI is InChI=1S/C20H21N3O2/c1-13-8-10-21-16(12-13)18(15-6-7-15)22-19(24)20(25)23-11-9-14-4-2-3-5-17(14)23/h2-5,8,10,12,15,18H,6-7,9,11H2,1H3,(H,22,24)/t18-/m1/s1. The zero-order valence-electron chi connectivity index (χ0n) is 14.2. The van der Waals surface area contributed by atoms with Crippen molar-refractivity contribution in [3.63, 3.8) is 0 Å². The van der Waals surface area contributed by atoms with Gasteiger partial charge in [-0.1, -0.05) is 18.2 Å². The summed E-state index contributed by atoms with van der Waals surface area (Å²) in [6, 6.07) is 11.5. The maximum atomic E-state index is 12.7. The number of carbonyl (C=O) groups excluding carboxylic acids is 2. The number of carbonyl (C=O) groups is 2. The summed E-state index contributed by atoms with van der Waals surface area (Å²) in [7, 11) is 0. The van der Waals surface area contributed by atoms with E-state index < -0.39 is 11.8 Å². The van der Waals surface area contributed by atoms with E-state index in [0.29, 0.717) is 12.5 Å². The first kappa shape index (κ1) is 15.8. The van der Waals surface area contributed by atoms with Crippen molar-refractivity contribution in [1.82, 2.24) is 10.3 Å². The molecule has 0 saturated heterocycles. The van der Waals surface area contributed by atoms with Gasteiger partial charge in [-0.15, -0.1) is 0 Å². The van der Waals surface area contributed by atoms with Crippen LogP contribution in [0.15, 0.2) is 42.6 Å². The average molecular weight is 335 g/mol. The molecule has 1 aliphatic heterocycles. The second-order valence-corrected chi connectivity index (χ2v) is 6.88. The fraction of sp³-hybridized carbons (Fsp3) is 0.350. The van der Waals surface area contributed by atoms with Crippen LogP contribution in [0.1, 0.15) is 35.7 Å². The molecule has 1 N–H and O–H groups in total. The van der Waals surface area contributed by atoms with Crippen LogP contribution in [0, 0.1) is 12.8 Å². The Bertz CT molecular complexity index is 829. The molecule has 4 rings (SSSR count). The number of para-hydroxylation sites is 1. The Labute approximate surface area is 147 Å². The summed E-state index contributed by atoms with van der Waals surface area (Å²) in [6.07, 6.45) is 4.66. The van der Waals surface area contributed by atoms with Gasteiger partial charge in [-0.05, 0) is 61.4 Å². The Hall–Kier alpha value is -2.69. The molecule has 25 heavy (non-hydrogen) atoms. The molecule has 1 aliphatic carbocycles. The number of fused-ring (bicyclic) bond motifs is 1. The summed E-state index contributed by atoms with van der Waals surface area (Å²) in [5.74, 6) is -0.655. The number of aromatic nitrogens is 1. The Morgan fingerprint density at radius 3 is 2.80 bits per heavy atom. The fourth-order valence-electron chi connectivity index (χ4n) is 3.47. The number of nitrogens with one attached hydrogen (secondary N) is 1. The first-order chi connectivity index (χ1) is 12.1. The van der Waals surface area contributed by atoms with Gasteiger partial charge in [-0.25, -0.2) is 0 Å². The third-order valence-electron chi connectivity index (χ3n) is 4.96. The van der Waals surface area contributed by atoms with E-state index in [0.717, 1.165) is 41.8 Å². The Morgan fingerprint density at radius 2 is 2.04 bits per heavy atom. The van der Waals surface area contributed by atoms with Crippen LogP contribution in [-0.4, -0.2) is 23.3 Å². The first-order valence-corrected chi connectivity index (χ1v) is 8.76. The summed E-state index contributed by atoms with van der Waals surface area (Å²) in [5, 5.41) is 2.94. The van der Waals surface area contributed by atoms with E-state index >= 15 is 0 Å². The number of hydrogen-bond acceptors (Lipinski definition) is 3. The molecule has 5 heteroatoms. The third kappa shape index (κ3) is 3.14. The molecule has 1 atom stereocenters. The number of hydrogen-bond donors (Lipinski definition) is 1. The van der Waals surface area contributed by atoms with Crippen molar-refractivity contribution < 1.29 is 9.59 Å². The molecule has 0 unspecified atom stereocenters. The molecule has 0 radical (unpaired) electrons. The van der Waals surface area contributed by atoms with Gasteiger partial charge < -0.3 is 10.2 Å². The van der Waals surface area contributed by atoms with Crippen molar-refractivity contribution in [1.29, 1.82) is 0 Å². The van der Waals surface area contributed by atoms with Crippen LogP contribution < -0.4 is 10.2 Å². The molecule has 128 valence electrons. The maximum absolute atomic E-state index is 12.7. The molecule has 0 bridgehead atoms. The molecule has 0 spiro atoms. The highest BCUT2D eigenvalue weighted by Gasteiger charge is 2.37. The van der Waals surface area contributed by atoms with Crippen LogP contribution in [-0.2, 0) is 16.0 Å². The van der Waals surface area contributed by atoms with Crippen LogP contribution in [0.5, 0.6) is 0 Å². The Kier molecular flexibility index (Phi) is 3.99. The van der Waals surface area contributed by atoms with Gasteiger partial charge in [0.05, 0.1) is 11.7 Å². The molecule has 2 amide bonds. The number of pyridine rings is 1. The normalized spacial score (nSPS) is 17.1. The van der Waals surface area contributed by atoms with Crippen LogP contribution in [0.25, 0.3) is 0 Å². The van der Waals surface area contributed by atoms with Crippen molar-refractivity contribution in [3.05, 3.63) is 59.4 Å². The van der Waals surface area contributed by atoms with Gasteiger partial charge in [-0.2, -0.15) is 0 Å². The number of aryl methyl sites for hydroxylation is 1. The molecule has 5 nitrogen and oxygen atoms in total. The van der Waals surface area contributed by atoms with E-state index in [4.69, 9.17) is 0 Å². The lowest BCUT2D eigenvalue weighted by Crippen LogP contribution is -2.44. The zero-order valence-corrected chi connectivity index (χ0v) is 14.2. The van der Waals surface area contributed by atoms with Crippen LogP contribution in [0.2, 0.25) is 0 Å². The summed E-state index contributed by atoms with van der Waals surface area (Å²) in [6.45, 7) is 2.56. The van der Waals surface area contributed by atoms with Gasteiger partial charge in [0, 0.05) is 18.4 Å². The number of rotatable bonds is 3. The minimum atomic E-state index is -0.545. The molecule has 2 aromatic rings. The van der Waals surface area contributed by atoms with Crippen LogP contribution >= 0.6 is 0 Å². The summed E-state index contributed by atoms with van der Waals surface area (Å²) >= 11 is 0. The number of amides is 2. The lowest BCUT2D eigenvalue weighted by molar-refractivity contribution is -0.138. The lowest BCUT2D eigenvalue weighted by Gasteiger charge is -2.21. The van der Waals surface area contributed by atoms with Crippen molar-refractivity contribution in [3.8, 4) is 0 Å². The smallest absolute Gasteiger partial charge is 0.316 e. The predicted octanol–water partition coefficient (Wildman–Crippen LogP) is 2.55. The number of nitrogens with zero attached hydrogens (tertiary/aromatic N) is 2. The SMILES string of the molecule is Cc1ccnc([C@H](NC(=O)C(=O)N2CCc3ccccc32)C2CC2)c1. The topological polar surface area (TPSA) is 62.3 Å². The van der Waals surface area contributed by atoms with Gasteiger partial charge in [-0.3, -0.25) is 14.6 Å². The quantitative estimate of drug-likeness (QED) is 0.877. The van der Waals surface area contributed by atoms with E-state index in [1.165, 1.54) is 0 Å². The number of anilines is 1. The molecular formula is C20H21N3O2. The fourth-order valence-corrected chi connectivity index (χ4v) is 3.47. The van der Waals surface area contributed by atoms with Gasteiger partial charge in [0.25, 0.3) is 0 Å². The van der Waals surface area contributed by atoms with Crippen LogP contribution in [0.3, 0.4) is 0 Å². The predicted molar refractivity (Wildman–Crippen MR) is 95.1 cm³/mol. The van der Waals surface area contributed by atoms with Gasteiger partial charge in [0.2, 0.25) is 0 Å². The third-order valence-corrected chi connectivity index (χ3v) is 4.96. The van der Waals surface area contributed by atoms with Crippen molar-refractivity contribution >= 4 is 17.5 Å². The number of benzene rings is 1. The summed E-state index contributed by atoms with van der Waals surface area (Å²) < 4.78 is 0. The highest BCUT2D eigenvalue weighted by Crippen LogP contribution is 2.40. The van der Waals surface area contributed by atoms with E-state index in [1.54, 1.807) is 11.1 Å². The van der Waals surface area contributed by atoms with Crippen LogP contribution in [0.4, 0.5) is 5.69 Å². The van der Waals surface area contributed by atoms with E-state index in [2.05, 4.69) is 10.3 Å². The molecular weight excluding hydrogens is 314 g/mol. The Morgan fingerprint density at radius 1 is 1.24 bits per heavy atom. The molecule has 2 aliphatic rings. The molecule has 1 fully saturated rings. The molecule has 1 aromatic heterocycles. The maximum Gasteiger partial charge on any atom is 0.316 e. The first-order valence-electron chi connectivity index (χ1n) is 8.76. The minimum absolute atomic E-state index is 0.186. The monoisotopic (exact) mass is 335 g/mol. The molecule has 1 aromatic carbocycles. The van der Waals surface area contributed by atoms with Gasteiger partial charge >= 0.3 is 11.8 Å². The summed E-state index contributed by atoms with van der Waals surface area (Å²) in [4.78, 5) is 31.3.